The first-order valence-electron chi connectivity index (χ1n) is 7.36. The van der Waals surface area contributed by atoms with Crippen LogP contribution in [0.4, 0.5) is 4.79 Å². The SMILES string of the molecule is CC(C)(C)OC(=O)N1COC(=O)[C@@H]1B1OC(C)(C)C(C)(C)O1. The zero-order valence-electron chi connectivity index (χ0n) is 14.3. The summed E-state index contributed by atoms with van der Waals surface area (Å²) in [5.41, 5.74) is -1.86. The highest BCUT2D eigenvalue weighted by molar-refractivity contribution is 6.53. The second-order valence-corrected chi connectivity index (χ2v) is 7.61. The molecule has 0 radical (unpaired) electrons. The Balaban J connectivity index is 2.18. The van der Waals surface area contributed by atoms with Gasteiger partial charge in [0.2, 0.25) is 0 Å². The van der Waals surface area contributed by atoms with Crippen LogP contribution >= 0.6 is 0 Å². The normalized spacial score (nSPS) is 27.0. The second-order valence-electron chi connectivity index (χ2n) is 7.61. The molecule has 2 aliphatic rings. The van der Waals surface area contributed by atoms with Crippen LogP contribution in [-0.4, -0.2) is 53.6 Å². The number of rotatable bonds is 1. The Bertz CT molecular complexity index is 468. The predicted molar refractivity (Wildman–Crippen MR) is 78.9 cm³/mol. The minimum Gasteiger partial charge on any atom is -0.444 e. The first-order valence-corrected chi connectivity index (χ1v) is 7.36. The van der Waals surface area contributed by atoms with E-state index in [4.69, 9.17) is 18.8 Å². The van der Waals surface area contributed by atoms with Crippen LogP contribution in [-0.2, 0) is 23.6 Å². The van der Waals surface area contributed by atoms with Gasteiger partial charge in [-0.25, -0.2) is 4.79 Å². The monoisotopic (exact) mass is 313 g/mol. The molecular formula is C14H24BNO6. The van der Waals surface area contributed by atoms with Gasteiger partial charge >= 0.3 is 19.2 Å². The van der Waals surface area contributed by atoms with E-state index in [1.807, 2.05) is 27.7 Å². The summed E-state index contributed by atoms with van der Waals surface area (Å²) >= 11 is 0. The van der Waals surface area contributed by atoms with E-state index in [0.717, 1.165) is 0 Å². The van der Waals surface area contributed by atoms with Crippen molar-refractivity contribution in [2.75, 3.05) is 6.73 Å². The van der Waals surface area contributed by atoms with Crippen molar-refractivity contribution in [2.45, 2.75) is 71.2 Å². The van der Waals surface area contributed by atoms with E-state index >= 15 is 0 Å². The molecule has 1 amide bonds. The molecule has 2 aliphatic heterocycles. The summed E-state index contributed by atoms with van der Waals surface area (Å²) in [5.74, 6) is -1.51. The number of nitrogens with zero attached hydrogens (tertiary/aromatic N) is 1. The average molecular weight is 313 g/mol. The largest absolute Gasteiger partial charge is 0.494 e. The Kier molecular flexibility index (Phi) is 3.98. The highest BCUT2D eigenvalue weighted by Gasteiger charge is 2.60. The molecule has 2 rings (SSSR count). The Hall–Kier alpha value is -1.28. The van der Waals surface area contributed by atoms with Crippen molar-refractivity contribution in [1.82, 2.24) is 4.90 Å². The van der Waals surface area contributed by atoms with Gasteiger partial charge in [-0.3, -0.25) is 9.69 Å². The van der Waals surface area contributed by atoms with E-state index < -0.39 is 41.9 Å². The molecule has 0 spiro atoms. The molecule has 0 aliphatic carbocycles. The van der Waals surface area contributed by atoms with Gasteiger partial charge < -0.3 is 18.8 Å². The van der Waals surface area contributed by atoms with Crippen molar-refractivity contribution in [2.24, 2.45) is 0 Å². The van der Waals surface area contributed by atoms with Crippen molar-refractivity contribution in [3.63, 3.8) is 0 Å². The summed E-state index contributed by atoms with van der Waals surface area (Å²) in [6.45, 7) is 12.6. The van der Waals surface area contributed by atoms with Crippen LogP contribution in [0.25, 0.3) is 0 Å². The maximum absolute atomic E-state index is 12.3. The lowest BCUT2D eigenvalue weighted by molar-refractivity contribution is -0.138. The average Bonchev–Trinajstić information content (AvgIpc) is 2.75. The highest BCUT2D eigenvalue weighted by Crippen LogP contribution is 2.39. The van der Waals surface area contributed by atoms with Crippen molar-refractivity contribution >= 4 is 19.2 Å². The smallest absolute Gasteiger partial charge is 0.444 e. The number of esters is 1. The quantitative estimate of drug-likeness (QED) is 0.542. The van der Waals surface area contributed by atoms with Gasteiger partial charge in [0, 0.05) is 0 Å². The lowest BCUT2D eigenvalue weighted by Crippen LogP contribution is -2.51. The third-order valence-corrected chi connectivity index (χ3v) is 4.08. The van der Waals surface area contributed by atoms with Gasteiger partial charge in [-0.1, -0.05) is 0 Å². The molecule has 0 aromatic carbocycles. The first-order chi connectivity index (χ1) is 9.84. The molecule has 0 saturated carbocycles. The summed E-state index contributed by atoms with van der Waals surface area (Å²) in [6.07, 6.45) is -0.627. The third-order valence-electron chi connectivity index (χ3n) is 4.08. The Morgan fingerprint density at radius 1 is 1.23 bits per heavy atom. The van der Waals surface area contributed by atoms with Crippen LogP contribution in [0, 0.1) is 0 Å². The zero-order valence-corrected chi connectivity index (χ0v) is 14.3. The maximum Gasteiger partial charge on any atom is 0.494 e. The standard InChI is InChI=1S/C14H24BNO6/c1-12(2,3)20-11(18)16-8-19-10(17)9(16)15-21-13(4,5)14(6,7)22-15/h9H,8H2,1-7H3/t9-/m1/s1. The molecular weight excluding hydrogens is 289 g/mol. The number of amides is 1. The molecule has 0 bridgehead atoms. The molecule has 2 heterocycles. The maximum atomic E-state index is 12.3. The van der Waals surface area contributed by atoms with Crippen LogP contribution in [0.15, 0.2) is 0 Å². The van der Waals surface area contributed by atoms with E-state index in [2.05, 4.69) is 0 Å². The molecule has 0 N–H and O–H groups in total. The minimum absolute atomic E-state index is 0.164. The van der Waals surface area contributed by atoms with Gasteiger partial charge in [-0.15, -0.1) is 0 Å². The molecule has 0 unspecified atom stereocenters. The third kappa shape index (κ3) is 3.08. The van der Waals surface area contributed by atoms with Gasteiger partial charge in [-0.2, -0.15) is 0 Å². The molecule has 7 nitrogen and oxygen atoms in total. The molecule has 124 valence electrons. The number of ether oxygens (including phenoxy) is 2. The number of hydrogen-bond donors (Lipinski definition) is 0. The number of carbonyl (C=O) groups is 2. The molecule has 1 atom stereocenters. The number of carbonyl (C=O) groups excluding carboxylic acids is 2. The van der Waals surface area contributed by atoms with Gasteiger partial charge in [0.1, 0.15) is 5.60 Å². The molecule has 0 aromatic rings. The summed E-state index contributed by atoms with van der Waals surface area (Å²) < 4.78 is 22.0. The van der Waals surface area contributed by atoms with Crippen LogP contribution in [0.5, 0.6) is 0 Å². The van der Waals surface area contributed by atoms with Crippen LogP contribution in [0.1, 0.15) is 48.5 Å². The molecule has 2 fully saturated rings. The molecule has 0 aromatic heterocycles. The van der Waals surface area contributed by atoms with Gasteiger partial charge in [-0.05, 0) is 48.5 Å². The van der Waals surface area contributed by atoms with Crippen LogP contribution in [0.2, 0.25) is 0 Å². The fourth-order valence-corrected chi connectivity index (χ4v) is 2.19. The minimum atomic E-state index is -0.962. The van der Waals surface area contributed by atoms with Crippen LogP contribution < -0.4 is 0 Å². The van der Waals surface area contributed by atoms with Crippen molar-refractivity contribution < 1.29 is 28.4 Å². The molecule has 8 heteroatoms. The van der Waals surface area contributed by atoms with E-state index in [-0.39, 0.29) is 6.73 Å². The molecule has 22 heavy (non-hydrogen) atoms. The van der Waals surface area contributed by atoms with Gasteiger partial charge in [0.15, 0.2) is 12.7 Å². The van der Waals surface area contributed by atoms with Crippen molar-refractivity contribution in [3.05, 3.63) is 0 Å². The highest BCUT2D eigenvalue weighted by atomic mass is 16.7. The van der Waals surface area contributed by atoms with Crippen LogP contribution in [0.3, 0.4) is 0 Å². The Morgan fingerprint density at radius 2 is 1.73 bits per heavy atom. The summed E-state index contributed by atoms with van der Waals surface area (Å²) in [4.78, 5) is 25.5. The second kappa shape index (κ2) is 5.13. The van der Waals surface area contributed by atoms with Crippen molar-refractivity contribution in [3.8, 4) is 0 Å². The fraction of sp³-hybridized carbons (Fsp3) is 0.857. The summed E-state index contributed by atoms with van der Waals surface area (Å²) in [6, 6.07) is 0. The van der Waals surface area contributed by atoms with E-state index in [9.17, 15) is 9.59 Å². The zero-order chi connectivity index (χ0) is 16.9. The van der Waals surface area contributed by atoms with Crippen molar-refractivity contribution in [1.29, 1.82) is 0 Å². The Labute approximate surface area is 131 Å². The number of hydrogen-bond acceptors (Lipinski definition) is 6. The van der Waals surface area contributed by atoms with E-state index in [1.165, 1.54) is 4.90 Å². The van der Waals surface area contributed by atoms with Gasteiger partial charge in [0.25, 0.3) is 0 Å². The van der Waals surface area contributed by atoms with E-state index in [0.29, 0.717) is 0 Å². The predicted octanol–water partition coefficient (Wildman–Crippen LogP) is 1.74. The topological polar surface area (TPSA) is 74.3 Å². The number of cyclic esters (lactones) is 1. The fourth-order valence-electron chi connectivity index (χ4n) is 2.19. The van der Waals surface area contributed by atoms with Gasteiger partial charge in [0.05, 0.1) is 11.2 Å². The molecule has 2 saturated heterocycles. The summed E-state index contributed by atoms with van der Waals surface area (Å²) in [5, 5.41) is 0. The lowest BCUT2D eigenvalue weighted by atomic mass is 9.78. The first kappa shape index (κ1) is 17.1. The van der Waals surface area contributed by atoms with E-state index in [1.54, 1.807) is 20.8 Å². The summed E-state index contributed by atoms with van der Waals surface area (Å²) in [7, 11) is -0.882. The lowest BCUT2D eigenvalue weighted by Gasteiger charge is -2.32. The Morgan fingerprint density at radius 3 is 2.18 bits per heavy atom.